The van der Waals surface area contributed by atoms with Gasteiger partial charge in [0.2, 0.25) is 5.88 Å². The fourth-order valence-corrected chi connectivity index (χ4v) is 3.29. The van der Waals surface area contributed by atoms with Crippen molar-refractivity contribution in [3.63, 3.8) is 0 Å². The van der Waals surface area contributed by atoms with Crippen LogP contribution in [0.25, 0.3) is 0 Å². The molecule has 3 rings (SSSR count). The number of nitro benzene ring substituents is 1. The number of aromatic hydroxyl groups is 1. The highest BCUT2D eigenvalue weighted by atomic mass is 16.6. The fraction of sp³-hybridized carbons (Fsp3) is 0.217. The molecule has 0 saturated heterocycles. The molecule has 0 radical (unpaired) electrons. The number of benzene rings is 2. The lowest BCUT2D eigenvalue weighted by Gasteiger charge is -2.14. The van der Waals surface area contributed by atoms with Gasteiger partial charge in [-0.15, -0.1) is 5.11 Å². The summed E-state index contributed by atoms with van der Waals surface area (Å²) < 4.78 is 11.6. The van der Waals surface area contributed by atoms with Gasteiger partial charge >= 0.3 is 0 Å². The summed E-state index contributed by atoms with van der Waals surface area (Å²) in [4.78, 5) is 23.3. The van der Waals surface area contributed by atoms with Crippen LogP contribution < -0.4 is 15.0 Å². The van der Waals surface area contributed by atoms with E-state index in [2.05, 4.69) is 10.2 Å². The molecule has 0 atom stereocenters. The summed E-state index contributed by atoms with van der Waals surface area (Å²) in [7, 11) is 3.04. The van der Waals surface area contributed by atoms with Crippen LogP contribution in [-0.4, -0.2) is 28.8 Å². The largest absolute Gasteiger partial charge is 0.493 e. The van der Waals surface area contributed by atoms with Gasteiger partial charge < -0.3 is 14.6 Å². The first-order valence-electron chi connectivity index (χ1n) is 10.0. The van der Waals surface area contributed by atoms with Crippen LogP contribution >= 0.6 is 0 Å². The number of nitro groups is 1. The number of aromatic nitrogens is 1. The molecule has 0 amide bonds. The molecule has 1 N–H and O–H groups in total. The number of azo groups is 1. The van der Waals surface area contributed by atoms with Crippen LogP contribution in [0.1, 0.15) is 16.7 Å². The van der Waals surface area contributed by atoms with Gasteiger partial charge in [-0.2, -0.15) is 10.4 Å². The van der Waals surface area contributed by atoms with E-state index in [9.17, 15) is 25.3 Å². The monoisotopic (exact) mass is 463 g/mol. The SMILES string of the molecule is COc1ccc(CCn2c(O)c(C#N)c(C)c(N=Nc3ccc([N+](=O)[O-])cc3)c2=O)cc1OC. The van der Waals surface area contributed by atoms with Crippen molar-refractivity contribution in [2.24, 2.45) is 10.2 Å². The molecule has 1 heterocycles. The van der Waals surface area contributed by atoms with Crippen LogP contribution in [-0.2, 0) is 13.0 Å². The van der Waals surface area contributed by atoms with Gasteiger partial charge in [-0.05, 0) is 43.2 Å². The molecular formula is C23H21N5O6. The molecule has 174 valence electrons. The molecule has 3 aromatic rings. The standard InChI is InChI=1S/C23H21N5O6/c1-14-18(13-24)22(29)27(11-10-15-4-9-19(33-2)20(12-15)34-3)23(30)21(14)26-25-16-5-7-17(8-6-16)28(31)32/h4-9,12,29H,10-11H2,1-3H3. The molecule has 0 fully saturated rings. The molecule has 0 unspecified atom stereocenters. The maximum atomic E-state index is 13.1. The third kappa shape index (κ3) is 4.86. The Bertz CT molecular complexity index is 1360. The van der Waals surface area contributed by atoms with Crippen molar-refractivity contribution in [1.82, 2.24) is 4.57 Å². The third-order valence-electron chi connectivity index (χ3n) is 5.17. The first kappa shape index (κ1) is 23.9. The van der Waals surface area contributed by atoms with E-state index in [0.717, 1.165) is 10.1 Å². The minimum atomic E-state index is -0.625. The van der Waals surface area contributed by atoms with Gasteiger partial charge in [0, 0.05) is 24.2 Å². The zero-order chi connectivity index (χ0) is 24.8. The lowest BCUT2D eigenvalue weighted by Crippen LogP contribution is -2.23. The highest BCUT2D eigenvalue weighted by Crippen LogP contribution is 2.30. The Hall–Kier alpha value is -4.72. The number of pyridine rings is 1. The quantitative estimate of drug-likeness (QED) is 0.297. The van der Waals surface area contributed by atoms with Crippen molar-refractivity contribution in [3.8, 4) is 23.4 Å². The highest BCUT2D eigenvalue weighted by Gasteiger charge is 2.19. The second-order valence-electron chi connectivity index (χ2n) is 7.15. The second-order valence-corrected chi connectivity index (χ2v) is 7.15. The van der Waals surface area contributed by atoms with Crippen molar-refractivity contribution in [2.45, 2.75) is 19.9 Å². The van der Waals surface area contributed by atoms with Crippen molar-refractivity contribution >= 4 is 17.1 Å². The summed E-state index contributed by atoms with van der Waals surface area (Å²) in [5.74, 6) is 0.623. The summed E-state index contributed by atoms with van der Waals surface area (Å²) in [6.07, 6.45) is 0.348. The fourth-order valence-electron chi connectivity index (χ4n) is 3.29. The van der Waals surface area contributed by atoms with Gasteiger partial charge in [-0.3, -0.25) is 19.5 Å². The maximum absolute atomic E-state index is 13.1. The summed E-state index contributed by atoms with van der Waals surface area (Å²) in [6.45, 7) is 1.55. The van der Waals surface area contributed by atoms with Gasteiger partial charge in [0.05, 0.1) is 24.8 Å². The smallest absolute Gasteiger partial charge is 0.281 e. The van der Waals surface area contributed by atoms with Crippen LogP contribution in [0.5, 0.6) is 17.4 Å². The van der Waals surface area contributed by atoms with E-state index in [1.807, 2.05) is 6.07 Å². The predicted molar refractivity (Wildman–Crippen MR) is 122 cm³/mol. The zero-order valence-corrected chi connectivity index (χ0v) is 18.7. The number of nitrogens with zero attached hydrogens (tertiary/aromatic N) is 5. The van der Waals surface area contributed by atoms with Crippen molar-refractivity contribution in [3.05, 3.63) is 79.6 Å². The van der Waals surface area contributed by atoms with Crippen molar-refractivity contribution in [1.29, 1.82) is 5.26 Å². The zero-order valence-electron chi connectivity index (χ0n) is 18.7. The van der Waals surface area contributed by atoms with Gasteiger partial charge in [0.15, 0.2) is 17.2 Å². The maximum Gasteiger partial charge on any atom is 0.281 e. The molecule has 0 spiro atoms. The van der Waals surface area contributed by atoms with E-state index in [0.29, 0.717) is 17.9 Å². The minimum absolute atomic E-state index is 0.0646. The van der Waals surface area contributed by atoms with Gasteiger partial charge in [0.1, 0.15) is 11.6 Å². The molecule has 11 nitrogen and oxygen atoms in total. The Labute approximate surface area is 194 Å². The molecule has 1 aromatic heterocycles. The average Bonchev–Trinajstić information content (AvgIpc) is 2.84. The molecule has 2 aromatic carbocycles. The van der Waals surface area contributed by atoms with Crippen LogP contribution in [0.15, 0.2) is 57.5 Å². The Kier molecular flexibility index (Phi) is 7.23. The summed E-state index contributed by atoms with van der Waals surface area (Å²) in [5, 5.41) is 38.8. The first-order valence-corrected chi connectivity index (χ1v) is 10.0. The first-order chi connectivity index (χ1) is 16.3. The number of hydrogen-bond donors (Lipinski definition) is 1. The molecule has 0 aliphatic rings. The Morgan fingerprint density at radius 3 is 2.38 bits per heavy atom. The number of nitriles is 1. The second kappa shape index (κ2) is 10.3. The molecular weight excluding hydrogens is 442 g/mol. The van der Waals surface area contributed by atoms with Crippen LogP contribution in [0.3, 0.4) is 0 Å². The lowest BCUT2D eigenvalue weighted by atomic mass is 10.1. The molecule has 0 aliphatic carbocycles. The average molecular weight is 463 g/mol. The minimum Gasteiger partial charge on any atom is -0.493 e. The third-order valence-corrected chi connectivity index (χ3v) is 5.17. The molecule has 0 saturated carbocycles. The lowest BCUT2D eigenvalue weighted by molar-refractivity contribution is -0.384. The van der Waals surface area contributed by atoms with E-state index in [4.69, 9.17) is 9.47 Å². The van der Waals surface area contributed by atoms with E-state index >= 15 is 0 Å². The number of hydrogen-bond acceptors (Lipinski definition) is 9. The predicted octanol–water partition coefficient (Wildman–Crippen LogP) is 4.32. The number of aryl methyl sites for hydroxylation is 1. The Balaban J connectivity index is 1.96. The van der Waals surface area contributed by atoms with Crippen LogP contribution in [0.4, 0.5) is 17.1 Å². The van der Waals surface area contributed by atoms with Crippen molar-refractivity contribution < 1.29 is 19.5 Å². The highest BCUT2D eigenvalue weighted by molar-refractivity contribution is 5.57. The summed E-state index contributed by atoms with van der Waals surface area (Å²) in [6, 6.07) is 12.5. The number of methoxy groups -OCH3 is 2. The van der Waals surface area contributed by atoms with E-state index in [-0.39, 0.29) is 34.7 Å². The molecule has 0 bridgehead atoms. The number of ether oxygens (including phenoxy) is 2. The Morgan fingerprint density at radius 2 is 1.79 bits per heavy atom. The molecule has 0 aliphatic heterocycles. The Morgan fingerprint density at radius 1 is 1.12 bits per heavy atom. The van der Waals surface area contributed by atoms with Crippen LogP contribution in [0.2, 0.25) is 0 Å². The molecule has 11 heteroatoms. The van der Waals surface area contributed by atoms with Gasteiger partial charge in [-0.25, -0.2) is 0 Å². The van der Waals surface area contributed by atoms with E-state index < -0.39 is 16.4 Å². The van der Waals surface area contributed by atoms with Gasteiger partial charge in [-0.1, -0.05) is 6.07 Å². The molecule has 34 heavy (non-hydrogen) atoms. The van der Waals surface area contributed by atoms with E-state index in [1.165, 1.54) is 45.4 Å². The summed E-state index contributed by atoms with van der Waals surface area (Å²) >= 11 is 0. The van der Waals surface area contributed by atoms with Crippen LogP contribution in [0, 0.1) is 28.4 Å². The summed E-state index contributed by atoms with van der Waals surface area (Å²) in [5.41, 5.74) is 0.344. The normalized spacial score (nSPS) is 10.8. The number of rotatable bonds is 8. The van der Waals surface area contributed by atoms with E-state index in [1.54, 1.807) is 18.2 Å². The van der Waals surface area contributed by atoms with Crippen molar-refractivity contribution in [2.75, 3.05) is 14.2 Å². The number of non-ortho nitro benzene ring substituents is 1. The van der Waals surface area contributed by atoms with Gasteiger partial charge in [0.25, 0.3) is 11.2 Å². The topological polar surface area (TPSA) is 152 Å².